The molecule has 0 amide bonds. The van der Waals surface area contributed by atoms with Crippen LogP contribution in [0, 0.1) is 3.83 Å². The van der Waals surface area contributed by atoms with Crippen molar-refractivity contribution in [2.75, 3.05) is 0 Å². The molecule has 0 N–H and O–H groups in total. The van der Waals surface area contributed by atoms with Gasteiger partial charge in [0, 0.05) is 22.6 Å². The van der Waals surface area contributed by atoms with E-state index in [1.807, 2.05) is 6.07 Å². The van der Waals surface area contributed by atoms with Crippen molar-refractivity contribution in [1.82, 2.24) is 9.36 Å². The molecule has 3 nitrogen and oxygen atoms in total. The Balaban J connectivity index is 2.50. The third-order valence-electron chi connectivity index (χ3n) is 1.25. The minimum atomic E-state index is 0.704. The number of halogens is 2. The summed E-state index contributed by atoms with van der Waals surface area (Å²) in [4.78, 5) is 4.22. The highest BCUT2D eigenvalue weighted by molar-refractivity contribution is 14.1. The van der Waals surface area contributed by atoms with Crippen LogP contribution in [0.5, 0.6) is 0 Å². The van der Waals surface area contributed by atoms with E-state index in [0.29, 0.717) is 4.67 Å². The van der Waals surface area contributed by atoms with Crippen molar-refractivity contribution in [3.8, 4) is 10.6 Å². The third-order valence-corrected chi connectivity index (χ3v) is 3.42. The molecule has 2 aromatic rings. The zero-order chi connectivity index (χ0) is 8.55. The van der Waals surface area contributed by atoms with E-state index in [0.717, 1.165) is 14.4 Å². The van der Waals surface area contributed by atoms with Gasteiger partial charge in [0.25, 0.3) is 0 Å². The molecule has 0 aliphatic carbocycles. The van der Waals surface area contributed by atoms with Crippen molar-refractivity contribution in [1.29, 1.82) is 0 Å². The Morgan fingerprint density at radius 1 is 1.58 bits per heavy atom. The zero-order valence-corrected chi connectivity index (χ0v) is 10.2. The maximum Gasteiger partial charge on any atom is 0.203 e. The van der Waals surface area contributed by atoms with Gasteiger partial charge in [-0.1, -0.05) is 0 Å². The molecule has 6 heteroatoms. The Kier molecular flexibility index (Phi) is 2.47. The Morgan fingerprint density at radius 2 is 2.42 bits per heavy atom. The molecule has 0 atom stereocenters. The predicted molar refractivity (Wildman–Crippen MR) is 58.0 cm³/mol. The van der Waals surface area contributed by atoms with Crippen LogP contribution in [0.15, 0.2) is 21.4 Å². The lowest BCUT2D eigenvalue weighted by molar-refractivity contribution is 0.542. The van der Waals surface area contributed by atoms with Gasteiger partial charge in [-0.05, 0) is 33.5 Å². The highest BCUT2D eigenvalue weighted by atomic mass is 127. The normalized spacial score (nSPS) is 10.5. The molecule has 0 saturated carbocycles. The summed E-state index contributed by atoms with van der Waals surface area (Å²) < 4.78 is 10.6. The summed E-state index contributed by atoms with van der Waals surface area (Å²) in [5, 5.41) is 0.875. The lowest BCUT2D eigenvalue weighted by Crippen LogP contribution is -1.73. The van der Waals surface area contributed by atoms with Crippen molar-refractivity contribution in [2.45, 2.75) is 0 Å². The van der Waals surface area contributed by atoms with Crippen molar-refractivity contribution >= 4 is 50.1 Å². The molecular weight excluding hydrogens is 355 g/mol. The number of rotatable bonds is 1. The molecule has 0 unspecified atom stereocenters. The number of hydrogen-bond donors (Lipinski definition) is 0. The smallest absolute Gasteiger partial charge is 0.203 e. The van der Waals surface area contributed by atoms with Gasteiger partial charge in [0.2, 0.25) is 3.83 Å². The van der Waals surface area contributed by atoms with Gasteiger partial charge in [0.1, 0.15) is 5.01 Å². The molecule has 0 aliphatic heterocycles. The molecular formula is C6H2BrIN2OS. The lowest BCUT2D eigenvalue weighted by Gasteiger charge is -1.86. The van der Waals surface area contributed by atoms with Crippen LogP contribution in [0.1, 0.15) is 0 Å². The Hall–Kier alpha value is 0.0500. The lowest BCUT2D eigenvalue weighted by atomic mass is 10.4. The number of hydrogen-bond acceptors (Lipinski definition) is 4. The van der Waals surface area contributed by atoms with Crippen molar-refractivity contribution in [2.24, 2.45) is 0 Å². The van der Waals surface area contributed by atoms with Gasteiger partial charge in [-0.25, -0.2) is 4.98 Å². The first kappa shape index (κ1) is 8.64. The van der Waals surface area contributed by atoms with Gasteiger partial charge in [-0.15, -0.1) is 0 Å². The van der Waals surface area contributed by atoms with E-state index in [9.17, 15) is 0 Å². The highest BCUT2D eigenvalue weighted by Crippen LogP contribution is 2.30. The molecule has 0 aromatic carbocycles. The number of aromatic nitrogens is 2. The SMILES string of the molecule is Brc1occc1-c1nc(I)ns1. The van der Waals surface area contributed by atoms with Crippen LogP contribution in [0.4, 0.5) is 0 Å². The minimum absolute atomic E-state index is 0.704. The van der Waals surface area contributed by atoms with E-state index in [1.165, 1.54) is 11.5 Å². The van der Waals surface area contributed by atoms with Crippen molar-refractivity contribution in [3.05, 3.63) is 20.8 Å². The van der Waals surface area contributed by atoms with Crippen LogP contribution in [-0.2, 0) is 0 Å². The van der Waals surface area contributed by atoms with Crippen LogP contribution in [0.25, 0.3) is 10.6 Å². The zero-order valence-electron chi connectivity index (χ0n) is 5.62. The Bertz CT molecular complexity index is 400. The quantitative estimate of drug-likeness (QED) is 0.737. The van der Waals surface area contributed by atoms with Crippen LogP contribution < -0.4 is 0 Å². The molecule has 2 aromatic heterocycles. The number of furan rings is 1. The Labute approximate surface area is 94.6 Å². The monoisotopic (exact) mass is 356 g/mol. The second-order valence-corrected chi connectivity index (χ2v) is 4.41. The van der Waals surface area contributed by atoms with E-state index >= 15 is 0 Å². The first-order valence-electron chi connectivity index (χ1n) is 3.00. The summed E-state index contributed by atoms with van der Waals surface area (Å²) in [5.74, 6) is 0. The van der Waals surface area contributed by atoms with E-state index in [1.54, 1.807) is 6.26 Å². The van der Waals surface area contributed by atoms with E-state index in [-0.39, 0.29) is 0 Å². The summed E-state index contributed by atoms with van der Waals surface area (Å²) >= 11 is 6.72. The van der Waals surface area contributed by atoms with Crippen molar-refractivity contribution in [3.63, 3.8) is 0 Å². The average Bonchev–Trinajstić information content (AvgIpc) is 2.58. The van der Waals surface area contributed by atoms with Gasteiger partial charge in [-0.3, -0.25) is 0 Å². The topological polar surface area (TPSA) is 38.9 Å². The fraction of sp³-hybridized carbons (Fsp3) is 0. The standard InChI is InChI=1S/C6H2BrIN2OS/c7-4-3(1-2-11-4)5-9-6(8)10-12-5/h1-2H. The molecule has 0 spiro atoms. The fourth-order valence-corrected chi connectivity index (χ4v) is 2.61. The average molecular weight is 357 g/mol. The molecule has 0 aliphatic rings. The van der Waals surface area contributed by atoms with Crippen LogP contribution in [-0.4, -0.2) is 9.36 Å². The molecule has 0 bridgehead atoms. The first-order valence-corrected chi connectivity index (χ1v) is 5.64. The molecule has 0 radical (unpaired) electrons. The largest absolute Gasteiger partial charge is 0.457 e. The van der Waals surface area contributed by atoms with Gasteiger partial charge in [0.15, 0.2) is 4.67 Å². The van der Waals surface area contributed by atoms with Gasteiger partial charge < -0.3 is 4.42 Å². The molecule has 12 heavy (non-hydrogen) atoms. The van der Waals surface area contributed by atoms with Gasteiger partial charge in [0.05, 0.1) is 11.8 Å². The summed E-state index contributed by atoms with van der Waals surface area (Å²) in [6.07, 6.45) is 1.62. The fourth-order valence-electron chi connectivity index (χ4n) is 0.761. The summed E-state index contributed by atoms with van der Waals surface area (Å²) in [6.45, 7) is 0. The maximum atomic E-state index is 5.08. The Morgan fingerprint density at radius 3 is 2.92 bits per heavy atom. The van der Waals surface area contributed by atoms with Gasteiger partial charge in [-0.2, -0.15) is 4.37 Å². The molecule has 0 saturated heterocycles. The number of nitrogens with zero attached hydrogens (tertiary/aromatic N) is 2. The molecule has 2 rings (SSSR count). The molecule has 0 fully saturated rings. The third kappa shape index (κ3) is 1.55. The second kappa shape index (κ2) is 3.43. The first-order chi connectivity index (χ1) is 5.77. The molecule has 62 valence electrons. The van der Waals surface area contributed by atoms with Crippen LogP contribution in [0.2, 0.25) is 0 Å². The summed E-state index contributed by atoms with van der Waals surface area (Å²) in [7, 11) is 0. The predicted octanol–water partition coefficient (Wildman–Crippen LogP) is 3.17. The summed E-state index contributed by atoms with van der Waals surface area (Å²) in [6, 6.07) is 1.86. The van der Waals surface area contributed by atoms with E-state index in [2.05, 4.69) is 47.9 Å². The molecule has 2 heterocycles. The minimum Gasteiger partial charge on any atom is -0.457 e. The van der Waals surface area contributed by atoms with Crippen molar-refractivity contribution < 1.29 is 4.42 Å². The van der Waals surface area contributed by atoms with E-state index < -0.39 is 0 Å². The van der Waals surface area contributed by atoms with Crippen LogP contribution >= 0.6 is 50.1 Å². The summed E-state index contributed by atoms with van der Waals surface area (Å²) in [5.41, 5.74) is 0.954. The highest BCUT2D eigenvalue weighted by Gasteiger charge is 2.10. The van der Waals surface area contributed by atoms with E-state index in [4.69, 9.17) is 4.42 Å². The second-order valence-electron chi connectivity index (χ2n) is 1.98. The van der Waals surface area contributed by atoms with Crippen LogP contribution in [0.3, 0.4) is 0 Å². The maximum absolute atomic E-state index is 5.08. The van der Waals surface area contributed by atoms with Gasteiger partial charge >= 0.3 is 0 Å².